The SMILES string of the molecule is Cc1cc(C)cc(NC(C)c2ccc3[nH]c(=O)[nH]c3c2)c1. The standard InChI is InChI=1S/C17H19N3O/c1-10-6-11(2)8-14(7-10)18-12(3)13-4-5-15-16(9-13)20-17(21)19-15/h4-9,12,18H,1-3H3,(H2,19,20,21). The first-order valence-electron chi connectivity index (χ1n) is 7.08. The van der Waals surface area contributed by atoms with Crippen molar-refractivity contribution in [1.29, 1.82) is 0 Å². The summed E-state index contributed by atoms with van der Waals surface area (Å²) in [5.74, 6) is 0. The third-order valence-electron chi connectivity index (χ3n) is 3.64. The average Bonchev–Trinajstić information content (AvgIpc) is 2.76. The van der Waals surface area contributed by atoms with Crippen molar-refractivity contribution in [1.82, 2.24) is 9.97 Å². The average molecular weight is 281 g/mol. The number of rotatable bonds is 3. The summed E-state index contributed by atoms with van der Waals surface area (Å²) in [4.78, 5) is 16.9. The smallest absolute Gasteiger partial charge is 0.323 e. The second-order valence-corrected chi connectivity index (χ2v) is 5.63. The van der Waals surface area contributed by atoms with Crippen LogP contribution < -0.4 is 11.0 Å². The lowest BCUT2D eigenvalue weighted by molar-refractivity contribution is 0.885. The molecule has 0 spiro atoms. The monoisotopic (exact) mass is 281 g/mol. The first-order chi connectivity index (χ1) is 10.0. The van der Waals surface area contributed by atoms with Crippen molar-refractivity contribution in [2.75, 3.05) is 5.32 Å². The summed E-state index contributed by atoms with van der Waals surface area (Å²) in [6, 6.07) is 12.6. The predicted molar refractivity (Wildman–Crippen MR) is 86.9 cm³/mol. The van der Waals surface area contributed by atoms with E-state index in [1.165, 1.54) is 11.1 Å². The molecule has 0 bridgehead atoms. The lowest BCUT2D eigenvalue weighted by atomic mass is 10.1. The Morgan fingerprint density at radius 2 is 1.62 bits per heavy atom. The van der Waals surface area contributed by atoms with Crippen molar-refractivity contribution in [2.45, 2.75) is 26.8 Å². The predicted octanol–water partition coefficient (Wildman–Crippen LogP) is 3.65. The maximum Gasteiger partial charge on any atom is 0.323 e. The summed E-state index contributed by atoms with van der Waals surface area (Å²) >= 11 is 0. The van der Waals surface area contributed by atoms with Crippen LogP contribution in [0.15, 0.2) is 41.2 Å². The van der Waals surface area contributed by atoms with Crippen LogP contribution in [0.4, 0.5) is 5.69 Å². The number of fused-ring (bicyclic) bond motifs is 1. The summed E-state index contributed by atoms with van der Waals surface area (Å²) in [6.45, 7) is 6.31. The van der Waals surface area contributed by atoms with Crippen LogP contribution in [0.3, 0.4) is 0 Å². The summed E-state index contributed by atoms with van der Waals surface area (Å²) in [6.07, 6.45) is 0. The topological polar surface area (TPSA) is 60.7 Å². The molecule has 1 atom stereocenters. The Bertz CT molecular complexity index is 824. The quantitative estimate of drug-likeness (QED) is 0.686. The molecule has 1 aromatic heterocycles. The number of nitrogens with one attached hydrogen (secondary N) is 3. The van der Waals surface area contributed by atoms with E-state index in [0.717, 1.165) is 22.3 Å². The van der Waals surface area contributed by atoms with Gasteiger partial charge in [-0.2, -0.15) is 0 Å². The maximum atomic E-state index is 11.3. The zero-order valence-corrected chi connectivity index (χ0v) is 12.4. The van der Waals surface area contributed by atoms with Gasteiger partial charge in [-0.05, 0) is 61.7 Å². The lowest BCUT2D eigenvalue weighted by Gasteiger charge is -2.17. The fourth-order valence-corrected chi connectivity index (χ4v) is 2.71. The zero-order chi connectivity index (χ0) is 15.0. The molecule has 4 heteroatoms. The van der Waals surface area contributed by atoms with Crippen LogP contribution >= 0.6 is 0 Å². The number of aryl methyl sites for hydroxylation is 2. The highest BCUT2D eigenvalue weighted by atomic mass is 16.1. The minimum atomic E-state index is -0.169. The van der Waals surface area contributed by atoms with Gasteiger partial charge in [0.2, 0.25) is 0 Å². The minimum Gasteiger partial charge on any atom is -0.379 e. The number of benzene rings is 2. The van der Waals surface area contributed by atoms with Crippen LogP contribution in [0.2, 0.25) is 0 Å². The van der Waals surface area contributed by atoms with Crippen LogP contribution in [0.1, 0.15) is 29.7 Å². The fourth-order valence-electron chi connectivity index (χ4n) is 2.71. The van der Waals surface area contributed by atoms with E-state index in [0.29, 0.717) is 0 Å². The van der Waals surface area contributed by atoms with Gasteiger partial charge in [-0.15, -0.1) is 0 Å². The van der Waals surface area contributed by atoms with E-state index < -0.39 is 0 Å². The van der Waals surface area contributed by atoms with E-state index >= 15 is 0 Å². The molecule has 0 aliphatic rings. The molecular weight excluding hydrogens is 262 g/mol. The summed E-state index contributed by atoms with van der Waals surface area (Å²) in [5.41, 5.74) is 6.25. The number of aromatic nitrogens is 2. The van der Waals surface area contributed by atoms with Gasteiger partial charge in [0.05, 0.1) is 11.0 Å². The molecule has 0 amide bonds. The van der Waals surface area contributed by atoms with Crippen molar-refractivity contribution in [3.05, 3.63) is 63.6 Å². The van der Waals surface area contributed by atoms with Crippen LogP contribution in [0.5, 0.6) is 0 Å². The van der Waals surface area contributed by atoms with Crippen LogP contribution in [-0.2, 0) is 0 Å². The summed E-state index contributed by atoms with van der Waals surface area (Å²) < 4.78 is 0. The molecule has 3 rings (SSSR count). The van der Waals surface area contributed by atoms with Gasteiger partial charge in [0, 0.05) is 11.7 Å². The summed E-state index contributed by atoms with van der Waals surface area (Å²) in [5, 5.41) is 3.51. The molecule has 21 heavy (non-hydrogen) atoms. The molecule has 1 unspecified atom stereocenters. The first kappa shape index (κ1) is 13.5. The highest BCUT2D eigenvalue weighted by molar-refractivity contribution is 5.75. The Balaban J connectivity index is 1.88. The Morgan fingerprint density at radius 1 is 0.952 bits per heavy atom. The van der Waals surface area contributed by atoms with E-state index in [2.05, 4.69) is 54.3 Å². The number of hydrogen-bond acceptors (Lipinski definition) is 2. The molecule has 3 aromatic rings. The number of hydrogen-bond donors (Lipinski definition) is 3. The third-order valence-corrected chi connectivity index (χ3v) is 3.64. The molecule has 0 radical (unpaired) electrons. The molecule has 3 N–H and O–H groups in total. The molecule has 0 aliphatic heterocycles. The number of anilines is 1. The summed E-state index contributed by atoms with van der Waals surface area (Å²) in [7, 11) is 0. The van der Waals surface area contributed by atoms with Crippen LogP contribution in [0, 0.1) is 13.8 Å². The Hall–Kier alpha value is -2.49. The number of H-pyrrole nitrogens is 2. The molecule has 2 aromatic carbocycles. The highest BCUT2D eigenvalue weighted by Crippen LogP contribution is 2.23. The van der Waals surface area contributed by atoms with E-state index in [9.17, 15) is 4.79 Å². The second kappa shape index (κ2) is 5.13. The van der Waals surface area contributed by atoms with E-state index in [1.54, 1.807) is 0 Å². The van der Waals surface area contributed by atoms with Gasteiger partial charge in [-0.3, -0.25) is 0 Å². The highest BCUT2D eigenvalue weighted by Gasteiger charge is 2.08. The van der Waals surface area contributed by atoms with Crippen molar-refractivity contribution >= 4 is 16.7 Å². The van der Waals surface area contributed by atoms with Gasteiger partial charge < -0.3 is 15.3 Å². The Kier molecular flexibility index (Phi) is 3.29. The van der Waals surface area contributed by atoms with Gasteiger partial charge >= 0.3 is 5.69 Å². The Labute approximate surface area is 123 Å². The molecule has 0 saturated carbocycles. The van der Waals surface area contributed by atoms with Crippen LogP contribution in [0.25, 0.3) is 11.0 Å². The fraction of sp³-hybridized carbons (Fsp3) is 0.235. The van der Waals surface area contributed by atoms with Crippen molar-refractivity contribution in [2.24, 2.45) is 0 Å². The first-order valence-corrected chi connectivity index (χ1v) is 7.08. The van der Waals surface area contributed by atoms with Crippen molar-refractivity contribution in [3.63, 3.8) is 0 Å². The van der Waals surface area contributed by atoms with E-state index in [4.69, 9.17) is 0 Å². The Morgan fingerprint density at radius 3 is 2.33 bits per heavy atom. The van der Waals surface area contributed by atoms with E-state index in [-0.39, 0.29) is 11.7 Å². The normalized spacial score (nSPS) is 12.5. The maximum absolute atomic E-state index is 11.3. The largest absolute Gasteiger partial charge is 0.379 e. The van der Waals surface area contributed by atoms with E-state index in [1.807, 2.05) is 18.2 Å². The number of imidazole rings is 1. The molecular formula is C17H19N3O. The minimum absolute atomic E-state index is 0.161. The molecule has 4 nitrogen and oxygen atoms in total. The van der Waals surface area contributed by atoms with Gasteiger partial charge in [0.1, 0.15) is 0 Å². The number of aromatic amines is 2. The molecule has 0 fully saturated rings. The van der Waals surface area contributed by atoms with Crippen molar-refractivity contribution in [3.8, 4) is 0 Å². The van der Waals surface area contributed by atoms with Crippen molar-refractivity contribution < 1.29 is 0 Å². The van der Waals surface area contributed by atoms with Gasteiger partial charge in [-0.1, -0.05) is 12.1 Å². The molecule has 1 heterocycles. The van der Waals surface area contributed by atoms with Crippen LogP contribution in [-0.4, -0.2) is 9.97 Å². The van der Waals surface area contributed by atoms with Gasteiger partial charge in [0.15, 0.2) is 0 Å². The van der Waals surface area contributed by atoms with Gasteiger partial charge in [-0.25, -0.2) is 4.79 Å². The molecule has 0 saturated heterocycles. The molecule has 0 aliphatic carbocycles. The zero-order valence-electron chi connectivity index (χ0n) is 12.4. The third kappa shape index (κ3) is 2.84. The van der Waals surface area contributed by atoms with Gasteiger partial charge in [0.25, 0.3) is 0 Å². The molecule has 108 valence electrons. The second-order valence-electron chi connectivity index (χ2n) is 5.63. The lowest BCUT2D eigenvalue weighted by Crippen LogP contribution is -2.06.